The molecule has 2 aromatic carbocycles. The number of nitrogens with zero attached hydrogens (tertiary/aromatic N) is 1. The molecule has 28 heavy (non-hydrogen) atoms. The largest absolute Gasteiger partial charge is 0.454 e. The summed E-state index contributed by atoms with van der Waals surface area (Å²) in [4.78, 5) is 14.2. The lowest BCUT2D eigenvalue weighted by atomic mass is 10.1. The van der Waals surface area contributed by atoms with E-state index in [0.29, 0.717) is 36.0 Å². The second-order valence-electron chi connectivity index (χ2n) is 7.10. The molecular formula is C21H22ClFN2O3. The highest BCUT2D eigenvalue weighted by Gasteiger charge is 2.30. The van der Waals surface area contributed by atoms with Gasteiger partial charge in [-0.2, -0.15) is 0 Å². The second-order valence-corrected chi connectivity index (χ2v) is 7.51. The van der Waals surface area contributed by atoms with Crippen LogP contribution in [0.2, 0.25) is 5.02 Å². The van der Waals surface area contributed by atoms with E-state index in [9.17, 15) is 9.18 Å². The van der Waals surface area contributed by atoms with Gasteiger partial charge in [0, 0.05) is 36.6 Å². The third-order valence-corrected chi connectivity index (χ3v) is 5.58. The van der Waals surface area contributed by atoms with Gasteiger partial charge >= 0.3 is 0 Å². The van der Waals surface area contributed by atoms with Crippen LogP contribution in [0.1, 0.15) is 30.4 Å². The summed E-state index contributed by atoms with van der Waals surface area (Å²) >= 11 is 6.30. The van der Waals surface area contributed by atoms with Gasteiger partial charge in [-0.05, 0) is 48.7 Å². The zero-order valence-corrected chi connectivity index (χ0v) is 16.2. The Kier molecular flexibility index (Phi) is 5.69. The lowest BCUT2D eigenvalue weighted by Gasteiger charge is -2.25. The second kappa shape index (κ2) is 8.37. The Morgan fingerprint density at radius 3 is 2.71 bits per heavy atom. The van der Waals surface area contributed by atoms with Gasteiger partial charge in [-0.1, -0.05) is 23.7 Å². The quantitative estimate of drug-likeness (QED) is 0.711. The highest BCUT2D eigenvalue weighted by Crippen LogP contribution is 2.36. The molecule has 2 heterocycles. The van der Waals surface area contributed by atoms with Gasteiger partial charge in [-0.15, -0.1) is 0 Å². The monoisotopic (exact) mass is 404 g/mol. The normalized spacial score (nSPS) is 18.1. The van der Waals surface area contributed by atoms with Crippen LogP contribution in [0.25, 0.3) is 0 Å². The molecule has 2 aliphatic heterocycles. The van der Waals surface area contributed by atoms with E-state index in [0.717, 1.165) is 30.5 Å². The summed E-state index contributed by atoms with van der Waals surface area (Å²) in [6.45, 7) is 2.14. The highest BCUT2D eigenvalue weighted by molar-refractivity contribution is 6.31. The van der Waals surface area contributed by atoms with Crippen LogP contribution >= 0.6 is 11.6 Å². The SMILES string of the molecule is O=C1CCC(CCNCc2cc3c(cc2Cl)OCO3)N1Cc1ccc(F)cc1. The first-order valence-electron chi connectivity index (χ1n) is 9.43. The zero-order chi connectivity index (χ0) is 19.5. The number of likely N-dealkylation sites (tertiary alicyclic amines) is 1. The van der Waals surface area contributed by atoms with Crippen molar-refractivity contribution >= 4 is 17.5 Å². The van der Waals surface area contributed by atoms with E-state index >= 15 is 0 Å². The van der Waals surface area contributed by atoms with Crippen molar-refractivity contribution in [2.24, 2.45) is 0 Å². The first-order valence-corrected chi connectivity index (χ1v) is 9.80. The highest BCUT2D eigenvalue weighted by atomic mass is 35.5. The number of fused-ring (bicyclic) bond motifs is 1. The molecule has 0 radical (unpaired) electrons. The average Bonchev–Trinajstić information content (AvgIpc) is 3.27. The van der Waals surface area contributed by atoms with Crippen molar-refractivity contribution in [3.05, 3.63) is 58.4 Å². The maximum atomic E-state index is 13.1. The van der Waals surface area contributed by atoms with Crippen molar-refractivity contribution in [1.82, 2.24) is 10.2 Å². The van der Waals surface area contributed by atoms with Gasteiger partial charge in [0.15, 0.2) is 11.5 Å². The molecule has 2 aliphatic rings. The van der Waals surface area contributed by atoms with Gasteiger partial charge in [0.2, 0.25) is 12.7 Å². The lowest BCUT2D eigenvalue weighted by Crippen LogP contribution is -2.34. The van der Waals surface area contributed by atoms with Crippen LogP contribution in [0, 0.1) is 5.82 Å². The van der Waals surface area contributed by atoms with Crippen LogP contribution in [0.4, 0.5) is 4.39 Å². The van der Waals surface area contributed by atoms with E-state index in [4.69, 9.17) is 21.1 Å². The first kappa shape index (κ1) is 19.0. The number of amides is 1. The van der Waals surface area contributed by atoms with Crippen molar-refractivity contribution < 1.29 is 18.7 Å². The van der Waals surface area contributed by atoms with Gasteiger partial charge in [0.05, 0.1) is 0 Å². The fourth-order valence-electron chi connectivity index (χ4n) is 3.68. The van der Waals surface area contributed by atoms with Gasteiger partial charge in [0.25, 0.3) is 0 Å². The Morgan fingerprint density at radius 2 is 1.93 bits per heavy atom. The zero-order valence-electron chi connectivity index (χ0n) is 15.4. The van der Waals surface area contributed by atoms with E-state index in [1.54, 1.807) is 18.2 Å². The number of hydrogen-bond donors (Lipinski definition) is 1. The van der Waals surface area contributed by atoms with E-state index < -0.39 is 0 Å². The Balaban J connectivity index is 1.29. The van der Waals surface area contributed by atoms with Crippen molar-refractivity contribution in [2.75, 3.05) is 13.3 Å². The van der Waals surface area contributed by atoms with E-state index in [1.807, 2.05) is 11.0 Å². The molecule has 0 bridgehead atoms. The summed E-state index contributed by atoms with van der Waals surface area (Å²) in [5.41, 5.74) is 1.90. The van der Waals surface area contributed by atoms with Crippen LogP contribution < -0.4 is 14.8 Å². The predicted molar refractivity (Wildman–Crippen MR) is 104 cm³/mol. The van der Waals surface area contributed by atoms with E-state index in [-0.39, 0.29) is 24.6 Å². The van der Waals surface area contributed by atoms with Crippen LogP contribution in [-0.2, 0) is 17.9 Å². The number of ether oxygens (including phenoxy) is 2. The molecule has 1 saturated heterocycles. The number of carbonyl (C=O) groups excluding carboxylic acids is 1. The smallest absolute Gasteiger partial charge is 0.231 e. The standard InChI is InChI=1S/C21H22ClFN2O3/c22-18-10-20-19(27-13-28-20)9-15(18)11-24-8-7-17-5-6-21(26)25(17)12-14-1-3-16(23)4-2-14/h1-4,9-10,17,24H,5-8,11-13H2. The molecular weight excluding hydrogens is 383 g/mol. The molecule has 1 fully saturated rings. The van der Waals surface area contributed by atoms with Gasteiger partial charge in [-0.3, -0.25) is 4.79 Å². The Hall–Kier alpha value is -2.31. The minimum absolute atomic E-state index is 0.160. The Bertz CT molecular complexity index is 859. The molecule has 148 valence electrons. The number of nitrogens with one attached hydrogen (secondary N) is 1. The molecule has 0 spiro atoms. The van der Waals surface area contributed by atoms with Gasteiger partial charge < -0.3 is 19.7 Å². The number of carbonyl (C=O) groups is 1. The minimum Gasteiger partial charge on any atom is -0.454 e. The lowest BCUT2D eigenvalue weighted by molar-refractivity contribution is -0.129. The minimum atomic E-state index is -0.264. The summed E-state index contributed by atoms with van der Waals surface area (Å²) in [6.07, 6.45) is 2.28. The van der Waals surface area contributed by atoms with Crippen molar-refractivity contribution in [2.45, 2.75) is 38.4 Å². The number of benzene rings is 2. The fourth-order valence-corrected chi connectivity index (χ4v) is 3.90. The van der Waals surface area contributed by atoms with Crippen molar-refractivity contribution in [1.29, 1.82) is 0 Å². The molecule has 4 rings (SSSR count). The maximum absolute atomic E-state index is 13.1. The summed E-state index contributed by atoms with van der Waals surface area (Å²) in [5, 5.41) is 4.04. The molecule has 1 amide bonds. The number of hydrogen-bond acceptors (Lipinski definition) is 4. The maximum Gasteiger partial charge on any atom is 0.231 e. The third kappa shape index (κ3) is 4.23. The van der Waals surface area contributed by atoms with E-state index in [2.05, 4.69) is 5.32 Å². The fraction of sp³-hybridized carbons (Fsp3) is 0.381. The molecule has 1 N–H and O–H groups in total. The Morgan fingerprint density at radius 1 is 1.18 bits per heavy atom. The molecule has 1 unspecified atom stereocenters. The molecule has 1 atom stereocenters. The van der Waals surface area contributed by atoms with Crippen molar-refractivity contribution in [3.63, 3.8) is 0 Å². The molecule has 0 aliphatic carbocycles. The van der Waals surface area contributed by atoms with Crippen LogP contribution in [0.3, 0.4) is 0 Å². The topological polar surface area (TPSA) is 50.8 Å². The summed E-state index contributed by atoms with van der Waals surface area (Å²) in [6, 6.07) is 10.2. The van der Waals surface area contributed by atoms with Gasteiger partial charge in [-0.25, -0.2) is 4.39 Å². The first-order chi connectivity index (χ1) is 13.6. The van der Waals surface area contributed by atoms with Crippen LogP contribution in [0.5, 0.6) is 11.5 Å². The van der Waals surface area contributed by atoms with Crippen molar-refractivity contribution in [3.8, 4) is 11.5 Å². The molecule has 0 saturated carbocycles. The average molecular weight is 405 g/mol. The third-order valence-electron chi connectivity index (χ3n) is 5.23. The van der Waals surface area contributed by atoms with Crippen LogP contribution in [0.15, 0.2) is 36.4 Å². The molecule has 0 aromatic heterocycles. The number of rotatable bonds is 7. The molecule has 7 heteroatoms. The molecule has 5 nitrogen and oxygen atoms in total. The number of halogens is 2. The summed E-state index contributed by atoms with van der Waals surface area (Å²) < 4.78 is 23.8. The predicted octanol–water partition coefficient (Wildman–Crippen LogP) is 3.88. The summed E-state index contributed by atoms with van der Waals surface area (Å²) in [5.74, 6) is 1.29. The Labute approximate surface area is 168 Å². The van der Waals surface area contributed by atoms with Gasteiger partial charge in [0.1, 0.15) is 5.82 Å². The molecule has 2 aromatic rings. The van der Waals surface area contributed by atoms with E-state index in [1.165, 1.54) is 12.1 Å². The summed E-state index contributed by atoms with van der Waals surface area (Å²) in [7, 11) is 0. The van der Waals surface area contributed by atoms with Crippen LogP contribution in [-0.4, -0.2) is 30.2 Å².